The molecular weight excluding hydrogens is 249 g/mol. The maximum Gasteiger partial charge on any atom is 0.0747 e. The van der Waals surface area contributed by atoms with Crippen LogP contribution >= 0.6 is 35.0 Å². The first-order valence-electron chi connectivity index (χ1n) is 4.41. The van der Waals surface area contributed by atoms with E-state index in [0.29, 0.717) is 10.0 Å². The van der Waals surface area contributed by atoms with Crippen molar-refractivity contribution in [1.82, 2.24) is 0 Å². The molecular formula is C11H11Cl2NS. The fourth-order valence-electron chi connectivity index (χ4n) is 0.964. The zero-order valence-corrected chi connectivity index (χ0v) is 10.8. The molecule has 0 aliphatic carbocycles. The molecule has 0 amide bonds. The number of rotatable bonds is 2. The van der Waals surface area contributed by atoms with Crippen molar-refractivity contribution in [1.29, 1.82) is 0 Å². The van der Waals surface area contributed by atoms with Crippen LogP contribution in [0.15, 0.2) is 40.4 Å². The third-order valence-corrected chi connectivity index (χ3v) is 2.82. The lowest BCUT2D eigenvalue weighted by Crippen LogP contribution is -1.82. The van der Waals surface area contributed by atoms with E-state index in [0.717, 1.165) is 9.94 Å². The average Bonchev–Trinajstić information content (AvgIpc) is 2.13. The first-order valence-corrected chi connectivity index (χ1v) is 5.98. The Morgan fingerprint density at radius 1 is 1.27 bits per heavy atom. The van der Waals surface area contributed by atoms with Crippen molar-refractivity contribution in [2.75, 3.05) is 0 Å². The van der Waals surface area contributed by atoms with Crippen LogP contribution < -0.4 is 0 Å². The van der Waals surface area contributed by atoms with E-state index in [1.165, 1.54) is 0 Å². The van der Waals surface area contributed by atoms with Crippen LogP contribution in [-0.4, -0.2) is 5.04 Å². The molecule has 0 heterocycles. The van der Waals surface area contributed by atoms with Crippen molar-refractivity contribution in [2.45, 2.75) is 18.7 Å². The number of allylic oxidation sites excluding steroid dienone is 1. The van der Waals surface area contributed by atoms with Crippen molar-refractivity contribution in [2.24, 2.45) is 4.99 Å². The SMILES string of the molecule is C/C=C\N=C(C)Sc1cc(Cl)cc(Cl)c1. The van der Waals surface area contributed by atoms with Gasteiger partial charge in [-0.3, -0.25) is 4.99 Å². The van der Waals surface area contributed by atoms with E-state index < -0.39 is 0 Å². The second-order valence-electron chi connectivity index (χ2n) is 2.84. The second-order valence-corrected chi connectivity index (χ2v) is 4.98. The molecule has 0 aliphatic heterocycles. The summed E-state index contributed by atoms with van der Waals surface area (Å²) in [7, 11) is 0. The summed E-state index contributed by atoms with van der Waals surface area (Å²) in [5, 5.41) is 2.24. The molecule has 4 heteroatoms. The Kier molecular flexibility index (Phi) is 5.23. The van der Waals surface area contributed by atoms with E-state index >= 15 is 0 Å². The molecule has 0 spiro atoms. The molecule has 0 bridgehead atoms. The van der Waals surface area contributed by atoms with Crippen LogP contribution in [0.1, 0.15) is 13.8 Å². The number of halogens is 2. The van der Waals surface area contributed by atoms with Gasteiger partial charge in [0.05, 0.1) is 5.04 Å². The lowest BCUT2D eigenvalue weighted by atomic mass is 10.4. The molecule has 0 unspecified atom stereocenters. The molecule has 1 nitrogen and oxygen atoms in total. The predicted molar refractivity (Wildman–Crippen MR) is 70.2 cm³/mol. The van der Waals surface area contributed by atoms with Gasteiger partial charge in [0.2, 0.25) is 0 Å². The van der Waals surface area contributed by atoms with Crippen molar-refractivity contribution in [3.05, 3.63) is 40.5 Å². The summed E-state index contributed by atoms with van der Waals surface area (Å²) in [6, 6.07) is 5.45. The Balaban J connectivity index is 2.80. The molecule has 0 radical (unpaired) electrons. The van der Waals surface area contributed by atoms with E-state index in [2.05, 4.69) is 4.99 Å². The molecule has 80 valence electrons. The number of hydrogen-bond acceptors (Lipinski definition) is 2. The maximum absolute atomic E-state index is 5.89. The van der Waals surface area contributed by atoms with Crippen LogP contribution in [0.3, 0.4) is 0 Å². The van der Waals surface area contributed by atoms with Crippen molar-refractivity contribution in [3.8, 4) is 0 Å². The van der Waals surface area contributed by atoms with Gasteiger partial charge in [0.25, 0.3) is 0 Å². The minimum atomic E-state index is 0.642. The summed E-state index contributed by atoms with van der Waals surface area (Å²) >= 11 is 13.3. The van der Waals surface area contributed by atoms with Crippen molar-refractivity contribution >= 4 is 40.0 Å². The molecule has 0 fully saturated rings. The van der Waals surface area contributed by atoms with Crippen LogP contribution in [0.5, 0.6) is 0 Å². The number of thioether (sulfide) groups is 1. The van der Waals surface area contributed by atoms with Gasteiger partial charge in [0, 0.05) is 21.1 Å². The van der Waals surface area contributed by atoms with Gasteiger partial charge in [-0.2, -0.15) is 0 Å². The van der Waals surface area contributed by atoms with E-state index in [1.54, 1.807) is 24.0 Å². The van der Waals surface area contributed by atoms with Crippen LogP contribution in [-0.2, 0) is 0 Å². The van der Waals surface area contributed by atoms with Crippen molar-refractivity contribution in [3.63, 3.8) is 0 Å². The highest BCUT2D eigenvalue weighted by molar-refractivity contribution is 8.13. The Morgan fingerprint density at radius 3 is 2.40 bits per heavy atom. The maximum atomic E-state index is 5.89. The number of nitrogens with zero attached hydrogens (tertiary/aromatic N) is 1. The smallest absolute Gasteiger partial charge is 0.0747 e. The quantitative estimate of drug-likeness (QED) is 0.412. The summed E-state index contributed by atoms with van der Waals surface area (Å²) in [5.74, 6) is 0. The lowest BCUT2D eigenvalue weighted by Gasteiger charge is -2.01. The van der Waals surface area contributed by atoms with Crippen LogP contribution in [0.2, 0.25) is 10.0 Å². The Morgan fingerprint density at radius 2 is 1.87 bits per heavy atom. The summed E-state index contributed by atoms with van der Waals surface area (Å²) in [4.78, 5) is 5.21. The summed E-state index contributed by atoms with van der Waals surface area (Å²) < 4.78 is 0. The predicted octanol–water partition coefficient (Wildman–Crippen LogP) is 5.04. The lowest BCUT2D eigenvalue weighted by molar-refractivity contribution is 1.47. The molecule has 1 rings (SSSR count). The average molecular weight is 260 g/mol. The molecule has 0 saturated heterocycles. The molecule has 15 heavy (non-hydrogen) atoms. The van der Waals surface area contributed by atoms with Crippen LogP contribution in [0, 0.1) is 0 Å². The zero-order chi connectivity index (χ0) is 11.3. The number of hydrogen-bond donors (Lipinski definition) is 0. The van der Waals surface area contributed by atoms with Gasteiger partial charge in [0.15, 0.2) is 0 Å². The van der Waals surface area contributed by atoms with Gasteiger partial charge in [-0.05, 0) is 32.0 Å². The van der Waals surface area contributed by atoms with Gasteiger partial charge in [-0.25, -0.2) is 0 Å². The zero-order valence-electron chi connectivity index (χ0n) is 8.50. The van der Waals surface area contributed by atoms with Gasteiger partial charge >= 0.3 is 0 Å². The van der Waals surface area contributed by atoms with E-state index in [9.17, 15) is 0 Å². The molecule has 0 N–H and O–H groups in total. The molecule has 1 aromatic rings. The summed E-state index contributed by atoms with van der Waals surface area (Å²) in [5.41, 5.74) is 0. The Labute approximate surface area is 104 Å². The third-order valence-electron chi connectivity index (χ3n) is 1.51. The molecule has 0 aromatic heterocycles. The van der Waals surface area contributed by atoms with Gasteiger partial charge in [-0.15, -0.1) is 0 Å². The number of benzene rings is 1. The largest absolute Gasteiger partial charge is 0.255 e. The van der Waals surface area contributed by atoms with Crippen molar-refractivity contribution < 1.29 is 0 Å². The molecule has 1 aromatic carbocycles. The second kappa shape index (κ2) is 6.21. The topological polar surface area (TPSA) is 12.4 Å². The standard InChI is InChI=1S/C11H11Cl2NS/c1-3-4-14-8(2)15-11-6-9(12)5-10(13)7-11/h3-7H,1-2H3/b4-3-,14-8?. The number of aliphatic imine (C=N–C) groups is 1. The fourth-order valence-corrected chi connectivity index (χ4v) is 2.45. The van der Waals surface area contributed by atoms with Gasteiger partial charge in [0.1, 0.15) is 0 Å². The highest BCUT2D eigenvalue weighted by Gasteiger charge is 2.00. The van der Waals surface area contributed by atoms with E-state index in [4.69, 9.17) is 23.2 Å². The minimum Gasteiger partial charge on any atom is -0.255 e. The van der Waals surface area contributed by atoms with Crippen LogP contribution in [0.25, 0.3) is 0 Å². The summed E-state index contributed by atoms with van der Waals surface area (Å²) in [6.45, 7) is 3.87. The first-order chi connectivity index (χ1) is 7.11. The van der Waals surface area contributed by atoms with E-state index in [1.807, 2.05) is 32.1 Å². The fraction of sp³-hybridized carbons (Fsp3) is 0.182. The normalized spacial score (nSPS) is 12.4. The molecule has 0 aliphatic rings. The Hall–Kier alpha value is -0.440. The van der Waals surface area contributed by atoms with Gasteiger partial charge < -0.3 is 0 Å². The van der Waals surface area contributed by atoms with Crippen LogP contribution in [0.4, 0.5) is 0 Å². The third kappa shape index (κ3) is 4.74. The molecule has 0 saturated carbocycles. The minimum absolute atomic E-state index is 0.642. The van der Waals surface area contributed by atoms with E-state index in [-0.39, 0.29) is 0 Å². The Bertz CT molecular complexity index is 379. The summed E-state index contributed by atoms with van der Waals surface area (Å²) in [6.07, 6.45) is 3.64. The highest BCUT2D eigenvalue weighted by Crippen LogP contribution is 2.27. The monoisotopic (exact) mass is 259 g/mol. The first kappa shape index (κ1) is 12.6. The highest BCUT2D eigenvalue weighted by atomic mass is 35.5. The van der Waals surface area contributed by atoms with Gasteiger partial charge in [-0.1, -0.05) is 41.0 Å². The molecule has 0 atom stereocenters.